The second kappa shape index (κ2) is 5.09. The predicted octanol–water partition coefficient (Wildman–Crippen LogP) is 2.10. The summed E-state index contributed by atoms with van der Waals surface area (Å²) >= 11 is 0. The minimum atomic E-state index is -0.140. The highest BCUT2D eigenvalue weighted by Gasteiger charge is 2.32. The first-order valence-electron chi connectivity index (χ1n) is 7.32. The SMILES string of the molecule is CC1(C)CC(NC(=O)C2Cc3ccccc3N2)CCO1. The summed E-state index contributed by atoms with van der Waals surface area (Å²) in [5.74, 6) is 0.101. The number of anilines is 1. The number of hydrogen-bond donors (Lipinski definition) is 2. The van der Waals surface area contributed by atoms with Crippen LogP contribution in [0.2, 0.25) is 0 Å². The fourth-order valence-electron chi connectivity index (χ4n) is 3.11. The largest absolute Gasteiger partial charge is 0.375 e. The Kier molecular flexibility index (Phi) is 3.42. The van der Waals surface area contributed by atoms with Crippen molar-refractivity contribution in [1.29, 1.82) is 0 Å². The van der Waals surface area contributed by atoms with Gasteiger partial charge in [0.15, 0.2) is 0 Å². The zero-order chi connectivity index (χ0) is 14.2. The molecule has 0 saturated carbocycles. The van der Waals surface area contributed by atoms with Crippen molar-refractivity contribution in [3.63, 3.8) is 0 Å². The van der Waals surface area contributed by atoms with Crippen molar-refractivity contribution in [2.45, 2.75) is 50.8 Å². The lowest BCUT2D eigenvalue weighted by Gasteiger charge is -2.36. The van der Waals surface area contributed by atoms with Crippen LogP contribution in [0.4, 0.5) is 5.69 Å². The van der Waals surface area contributed by atoms with E-state index < -0.39 is 0 Å². The summed E-state index contributed by atoms with van der Waals surface area (Å²) in [7, 11) is 0. The Hall–Kier alpha value is -1.55. The molecule has 0 aromatic heterocycles. The van der Waals surface area contributed by atoms with Gasteiger partial charge in [-0.1, -0.05) is 18.2 Å². The lowest BCUT2D eigenvalue weighted by atomic mass is 9.93. The van der Waals surface area contributed by atoms with Crippen LogP contribution < -0.4 is 10.6 Å². The normalized spacial score (nSPS) is 27.5. The predicted molar refractivity (Wildman–Crippen MR) is 78.8 cm³/mol. The van der Waals surface area contributed by atoms with Crippen LogP contribution in [0.15, 0.2) is 24.3 Å². The van der Waals surface area contributed by atoms with Gasteiger partial charge in [-0.3, -0.25) is 4.79 Å². The molecule has 2 heterocycles. The van der Waals surface area contributed by atoms with Gasteiger partial charge in [-0.25, -0.2) is 0 Å². The number of nitrogens with one attached hydrogen (secondary N) is 2. The van der Waals surface area contributed by atoms with E-state index >= 15 is 0 Å². The quantitative estimate of drug-likeness (QED) is 0.868. The summed E-state index contributed by atoms with van der Waals surface area (Å²) < 4.78 is 5.69. The molecular formula is C16H22N2O2. The van der Waals surface area contributed by atoms with Gasteiger partial charge in [0.1, 0.15) is 6.04 Å². The first-order valence-corrected chi connectivity index (χ1v) is 7.32. The third-order valence-electron chi connectivity index (χ3n) is 4.13. The van der Waals surface area contributed by atoms with Crippen LogP contribution in [0.5, 0.6) is 0 Å². The molecule has 0 bridgehead atoms. The van der Waals surface area contributed by atoms with Gasteiger partial charge in [-0.15, -0.1) is 0 Å². The number of para-hydroxylation sites is 1. The van der Waals surface area contributed by atoms with Crippen molar-refractivity contribution in [3.8, 4) is 0 Å². The smallest absolute Gasteiger partial charge is 0.243 e. The van der Waals surface area contributed by atoms with Crippen LogP contribution in [-0.4, -0.2) is 30.2 Å². The van der Waals surface area contributed by atoms with Crippen LogP contribution >= 0.6 is 0 Å². The molecule has 2 N–H and O–H groups in total. The first-order chi connectivity index (χ1) is 9.53. The maximum Gasteiger partial charge on any atom is 0.243 e. The van der Waals surface area contributed by atoms with Gasteiger partial charge >= 0.3 is 0 Å². The number of fused-ring (bicyclic) bond motifs is 1. The Morgan fingerprint density at radius 1 is 1.40 bits per heavy atom. The van der Waals surface area contributed by atoms with Gasteiger partial charge in [0.2, 0.25) is 5.91 Å². The molecule has 0 spiro atoms. The fraction of sp³-hybridized carbons (Fsp3) is 0.562. The molecule has 1 amide bonds. The Morgan fingerprint density at radius 3 is 2.95 bits per heavy atom. The molecule has 1 aromatic carbocycles. The van der Waals surface area contributed by atoms with E-state index in [1.165, 1.54) is 5.56 Å². The van der Waals surface area contributed by atoms with Crippen molar-refractivity contribution >= 4 is 11.6 Å². The summed E-state index contributed by atoms with van der Waals surface area (Å²) in [6.45, 7) is 4.88. The highest BCUT2D eigenvalue weighted by Crippen LogP contribution is 2.27. The van der Waals surface area contributed by atoms with Crippen LogP contribution in [0, 0.1) is 0 Å². The third-order valence-corrected chi connectivity index (χ3v) is 4.13. The van der Waals surface area contributed by atoms with E-state index in [1.807, 2.05) is 18.2 Å². The second-order valence-corrected chi connectivity index (χ2v) is 6.36. The molecular weight excluding hydrogens is 252 g/mol. The van der Waals surface area contributed by atoms with E-state index in [-0.39, 0.29) is 23.6 Å². The molecule has 2 atom stereocenters. The lowest BCUT2D eigenvalue weighted by molar-refractivity contribution is -0.124. The highest BCUT2D eigenvalue weighted by atomic mass is 16.5. The maximum atomic E-state index is 12.4. The first kappa shape index (κ1) is 13.4. The average molecular weight is 274 g/mol. The second-order valence-electron chi connectivity index (χ2n) is 6.36. The number of carbonyl (C=O) groups excluding carboxylic acids is 1. The number of amides is 1. The Labute approximate surface area is 119 Å². The molecule has 2 aliphatic rings. The molecule has 1 fully saturated rings. The zero-order valence-corrected chi connectivity index (χ0v) is 12.1. The van der Waals surface area contributed by atoms with Gasteiger partial charge in [-0.2, -0.15) is 0 Å². The number of rotatable bonds is 2. The Bertz CT molecular complexity index is 488. The molecule has 2 unspecified atom stereocenters. The van der Waals surface area contributed by atoms with Crippen LogP contribution in [-0.2, 0) is 16.0 Å². The fourth-order valence-corrected chi connectivity index (χ4v) is 3.11. The molecule has 1 aromatic rings. The van der Waals surface area contributed by atoms with E-state index in [1.54, 1.807) is 0 Å². The molecule has 2 aliphatic heterocycles. The van der Waals surface area contributed by atoms with Crippen LogP contribution in [0.25, 0.3) is 0 Å². The van der Waals surface area contributed by atoms with Gasteiger partial charge in [0.05, 0.1) is 5.60 Å². The van der Waals surface area contributed by atoms with Gasteiger partial charge in [-0.05, 0) is 38.3 Å². The highest BCUT2D eigenvalue weighted by molar-refractivity contribution is 5.87. The number of hydrogen-bond acceptors (Lipinski definition) is 3. The van der Waals surface area contributed by atoms with Crippen molar-refractivity contribution < 1.29 is 9.53 Å². The molecule has 3 rings (SSSR count). The summed E-state index contributed by atoms with van der Waals surface area (Å²) in [5.41, 5.74) is 2.17. The van der Waals surface area contributed by atoms with Crippen LogP contribution in [0.1, 0.15) is 32.3 Å². The average Bonchev–Trinajstić information content (AvgIpc) is 2.81. The number of ether oxygens (including phenoxy) is 1. The molecule has 0 aliphatic carbocycles. The van der Waals surface area contributed by atoms with Crippen LogP contribution in [0.3, 0.4) is 0 Å². The minimum Gasteiger partial charge on any atom is -0.375 e. The third kappa shape index (κ3) is 2.80. The Balaban J connectivity index is 1.59. The maximum absolute atomic E-state index is 12.4. The number of benzene rings is 1. The zero-order valence-electron chi connectivity index (χ0n) is 12.1. The van der Waals surface area contributed by atoms with E-state index in [2.05, 4.69) is 30.5 Å². The molecule has 4 heteroatoms. The van der Waals surface area contributed by atoms with Crippen molar-refractivity contribution in [2.75, 3.05) is 11.9 Å². The van der Waals surface area contributed by atoms with Crippen molar-refractivity contribution in [1.82, 2.24) is 5.32 Å². The van der Waals surface area contributed by atoms with E-state index in [4.69, 9.17) is 4.74 Å². The molecule has 1 saturated heterocycles. The monoisotopic (exact) mass is 274 g/mol. The molecule has 4 nitrogen and oxygen atoms in total. The van der Waals surface area contributed by atoms with E-state index in [9.17, 15) is 4.79 Å². The summed E-state index contributed by atoms with van der Waals surface area (Å²) in [4.78, 5) is 12.4. The summed E-state index contributed by atoms with van der Waals surface area (Å²) in [6.07, 6.45) is 2.54. The van der Waals surface area contributed by atoms with Gasteiger partial charge in [0, 0.05) is 24.8 Å². The van der Waals surface area contributed by atoms with Gasteiger partial charge < -0.3 is 15.4 Å². The molecule has 108 valence electrons. The number of carbonyl (C=O) groups is 1. The molecule has 0 radical (unpaired) electrons. The van der Waals surface area contributed by atoms with E-state index in [0.717, 1.165) is 31.6 Å². The lowest BCUT2D eigenvalue weighted by Crippen LogP contribution is -2.49. The summed E-state index contributed by atoms with van der Waals surface area (Å²) in [6, 6.07) is 8.19. The van der Waals surface area contributed by atoms with E-state index in [0.29, 0.717) is 0 Å². The molecule has 20 heavy (non-hydrogen) atoms. The summed E-state index contributed by atoms with van der Waals surface area (Å²) in [5, 5.41) is 6.47. The minimum absolute atomic E-state index is 0.101. The van der Waals surface area contributed by atoms with Crippen molar-refractivity contribution in [3.05, 3.63) is 29.8 Å². The Morgan fingerprint density at radius 2 is 2.20 bits per heavy atom. The van der Waals surface area contributed by atoms with Crippen molar-refractivity contribution in [2.24, 2.45) is 0 Å². The topological polar surface area (TPSA) is 50.4 Å². The standard InChI is InChI=1S/C16H22N2O2/c1-16(2)10-12(7-8-20-16)17-15(19)14-9-11-5-3-4-6-13(11)18-14/h3-6,12,14,18H,7-10H2,1-2H3,(H,17,19). The van der Waals surface area contributed by atoms with Gasteiger partial charge in [0.25, 0.3) is 0 Å².